The summed E-state index contributed by atoms with van der Waals surface area (Å²) < 4.78 is 41.8. The second-order valence-corrected chi connectivity index (χ2v) is 9.93. The van der Waals surface area contributed by atoms with Crippen molar-refractivity contribution >= 4 is 23.5 Å². The van der Waals surface area contributed by atoms with Gasteiger partial charge in [0.1, 0.15) is 11.9 Å². The summed E-state index contributed by atoms with van der Waals surface area (Å²) in [5.74, 6) is -1.83. The predicted molar refractivity (Wildman–Crippen MR) is 155 cm³/mol. The highest BCUT2D eigenvalue weighted by Crippen LogP contribution is 2.41. The van der Waals surface area contributed by atoms with Crippen molar-refractivity contribution in [1.29, 1.82) is 0 Å². The van der Waals surface area contributed by atoms with Gasteiger partial charge in [0, 0.05) is 30.1 Å². The van der Waals surface area contributed by atoms with E-state index in [0.717, 1.165) is 35.5 Å². The number of rotatable bonds is 8. The normalized spacial score (nSPS) is 16.4. The summed E-state index contributed by atoms with van der Waals surface area (Å²) in [5, 5.41) is 10.0. The number of aromatic nitrogens is 2. The summed E-state index contributed by atoms with van der Waals surface area (Å²) >= 11 is 0. The number of anilines is 1. The number of para-hydroxylation sites is 1. The van der Waals surface area contributed by atoms with Gasteiger partial charge in [-0.05, 0) is 54.5 Å². The SMILES string of the molecule is C=CC(=O)NCc1cccc([C@@H]2c3cnn(-c4ccccc4)c3N(CC)C(=O)[C@H]2NC(=O)c2cccc(C(F)(F)F)c2)c1. The monoisotopic (exact) mass is 587 g/mol. The lowest BCUT2D eigenvalue weighted by atomic mass is 9.81. The number of halogens is 3. The summed E-state index contributed by atoms with van der Waals surface area (Å²) in [6.07, 6.45) is -1.84. The highest BCUT2D eigenvalue weighted by atomic mass is 19.4. The van der Waals surface area contributed by atoms with Crippen LogP contribution in [0.1, 0.15) is 45.5 Å². The van der Waals surface area contributed by atoms with Gasteiger partial charge in [-0.25, -0.2) is 4.68 Å². The first-order valence-electron chi connectivity index (χ1n) is 13.5. The van der Waals surface area contributed by atoms with Crippen LogP contribution < -0.4 is 15.5 Å². The number of alkyl halides is 3. The second-order valence-electron chi connectivity index (χ2n) is 9.93. The van der Waals surface area contributed by atoms with Gasteiger partial charge in [-0.2, -0.15) is 18.3 Å². The summed E-state index contributed by atoms with van der Waals surface area (Å²) in [6.45, 7) is 5.69. The number of hydrogen-bond donors (Lipinski definition) is 2. The van der Waals surface area contributed by atoms with E-state index in [-0.39, 0.29) is 24.6 Å². The van der Waals surface area contributed by atoms with Crippen LogP contribution in [0.15, 0.2) is 97.7 Å². The van der Waals surface area contributed by atoms with Crippen LogP contribution in [-0.4, -0.2) is 40.1 Å². The molecule has 43 heavy (non-hydrogen) atoms. The minimum Gasteiger partial charge on any atom is -0.348 e. The molecule has 0 unspecified atom stereocenters. The van der Waals surface area contributed by atoms with Crippen LogP contribution in [0.25, 0.3) is 5.69 Å². The number of benzene rings is 3. The molecule has 3 amide bonds. The van der Waals surface area contributed by atoms with E-state index in [0.29, 0.717) is 16.9 Å². The molecule has 5 rings (SSSR count). The van der Waals surface area contributed by atoms with E-state index in [4.69, 9.17) is 0 Å². The van der Waals surface area contributed by atoms with Crippen molar-refractivity contribution in [3.63, 3.8) is 0 Å². The number of amides is 3. The molecule has 11 heteroatoms. The maximum atomic E-state index is 14.1. The molecule has 2 heterocycles. The van der Waals surface area contributed by atoms with E-state index < -0.39 is 35.5 Å². The highest BCUT2D eigenvalue weighted by molar-refractivity contribution is 6.05. The van der Waals surface area contributed by atoms with Crippen LogP contribution in [0.5, 0.6) is 0 Å². The molecule has 0 bridgehead atoms. The Bertz CT molecular complexity index is 1680. The number of nitrogens with one attached hydrogen (secondary N) is 2. The molecule has 1 aliphatic rings. The van der Waals surface area contributed by atoms with E-state index in [2.05, 4.69) is 22.3 Å². The number of carbonyl (C=O) groups excluding carboxylic acids is 3. The maximum Gasteiger partial charge on any atom is 0.416 e. The highest BCUT2D eigenvalue weighted by Gasteiger charge is 2.44. The summed E-state index contributed by atoms with van der Waals surface area (Å²) in [6, 6.07) is 19.4. The zero-order valence-electron chi connectivity index (χ0n) is 23.1. The van der Waals surface area contributed by atoms with E-state index in [9.17, 15) is 27.6 Å². The Hall–Kier alpha value is -5.19. The number of likely N-dealkylation sites (N-methyl/N-ethyl adjacent to an activating group) is 1. The van der Waals surface area contributed by atoms with Gasteiger partial charge in [0.05, 0.1) is 17.4 Å². The van der Waals surface area contributed by atoms with E-state index in [1.165, 1.54) is 11.0 Å². The van der Waals surface area contributed by atoms with Gasteiger partial charge in [0.2, 0.25) is 5.91 Å². The average Bonchev–Trinajstić information content (AvgIpc) is 3.44. The lowest BCUT2D eigenvalue weighted by Crippen LogP contribution is -2.55. The van der Waals surface area contributed by atoms with Crippen molar-refractivity contribution in [1.82, 2.24) is 20.4 Å². The Kier molecular flexibility index (Phi) is 8.16. The van der Waals surface area contributed by atoms with Gasteiger partial charge in [-0.1, -0.05) is 55.1 Å². The standard InChI is InChI=1S/C32H28F3N5O3/c1-3-26(41)36-18-20-10-8-11-21(16-20)27-25-19-37-40(24-14-6-5-7-15-24)30(25)39(4-2)31(43)28(27)38-29(42)22-12-9-13-23(17-22)32(33,34)35/h3,5-17,19,27-28H,1,4,18H2,2H3,(H,36,41)(H,38,42)/t27-,28+/m1/s1. The number of hydrogen-bond acceptors (Lipinski definition) is 4. The Morgan fingerprint density at radius 3 is 2.47 bits per heavy atom. The average molecular weight is 588 g/mol. The molecule has 1 aromatic heterocycles. The number of carbonyl (C=O) groups is 3. The van der Waals surface area contributed by atoms with Crippen LogP contribution in [0.3, 0.4) is 0 Å². The summed E-state index contributed by atoms with van der Waals surface area (Å²) in [7, 11) is 0. The van der Waals surface area contributed by atoms with Crippen molar-refractivity contribution in [2.75, 3.05) is 11.4 Å². The summed E-state index contributed by atoms with van der Waals surface area (Å²) in [5.41, 5.74) is 1.56. The molecule has 220 valence electrons. The van der Waals surface area contributed by atoms with Crippen LogP contribution >= 0.6 is 0 Å². The number of fused-ring (bicyclic) bond motifs is 1. The van der Waals surface area contributed by atoms with Crippen LogP contribution in [-0.2, 0) is 22.3 Å². The lowest BCUT2D eigenvalue weighted by molar-refractivity contribution is -0.137. The Labute approximate surface area is 245 Å². The third-order valence-corrected chi connectivity index (χ3v) is 7.25. The third kappa shape index (κ3) is 5.92. The Morgan fingerprint density at radius 2 is 1.77 bits per heavy atom. The van der Waals surface area contributed by atoms with Gasteiger partial charge < -0.3 is 10.6 Å². The van der Waals surface area contributed by atoms with Gasteiger partial charge >= 0.3 is 6.18 Å². The van der Waals surface area contributed by atoms with Crippen molar-refractivity contribution in [3.05, 3.63) is 126 Å². The topological polar surface area (TPSA) is 96.3 Å². The molecule has 0 saturated heterocycles. The maximum absolute atomic E-state index is 14.1. The molecule has 0 aliphatic carbocycles. The van der Waals surface area contributed by atoms with Crippen molar-refractivity contribution in [2.45, 2.75) is 31.6 Å². The fourth-order valence-corrected chi connectivity index (χ4v) is 5.24. The Balaban J connectivity index is 1.61. The zero-order valence-corrected chi connectivity index (χ0v) is 23.1. The molecule has 8 nitrogen and oxygen atoms in total. The molecular formula is C32H28F3N5O3. The smallest absolute Gasteiger partial charge is 0.348 e. The first kappa shape index (κ1) is 29.3. The van der Waals surface area contributed by atoms with Gasteiger partial charge in [-0.3, -0.25) is 19.3 Å². The lowest BCUT2D eigenvalue weighted by Gasteiger charge is -2.38. The van der Waals surface area contributed by atoms with Gasteiger partial charge in [0.25, 0.3) is 11.8 Å². The fraction of sp³-hybridized carbons (Fsp3) is 0.188. The van der Waals surface area contributed by atoms with Crippen LogP contribution in [0, 0.1) is 0 Å². The van der Waals surface area contributed by atoms with E-state index in [1.54, 1.807) is 36.0 Å². The zero-order chi connectivity index (χ0) is 30.7. The fourth-order valence-electron chi connectivity index (χ4n) is 5.24. The van der Waals surface area contributed by atoms with Crippen LogP contribution in [0.2, 0.25) is 0 Å². The largest absolute Gasteiger partial charge is 0.416 e. The summed E-state index contributed by atoms with van der Waals surface area (Å²) in [4.78, 5) is 40.8. The van der Waals surface area contributed by atoms with Crippen molar-refractivity contribution in [3.8, 4) is 5.69 Å². The van der Waals surface area contributed by atoms with Crippen molar-refractivity contribution in [2.24, 2.45) is 0 Å². The van der Waals surface area contributed by atoms with E-state index in [1.807, 2.05) is 36.4 Å². The van der Waals surface area contributed by atoms with Crippen LogP contribution in [0.4, 0.5) is 19.0 Å². The molecule has 2 N–H and O–H groups in total. The molecule has 0 saturated carbocycles. The second kappa shape index (κ2) is 12.0. The number of nitrogens with zero attached hydrogens (tertiary/aromatic N) is 3. The van der Waals surface area contributed by atoms with Gasteiger partial charge in [0.15, 0.2) is 0 Å². The quantitative estimate of drug-likeness (QED) is 0.284. The molecule has 0 radical (unpaired) electrons. The molecule has 1 aliphatic heterocycles. The van der Waals surface area contributed by atoms with E-state index >= 15 is 0 Å². The minimum atomic E-state index is -4.64. The molecule has 3 aromatic carbocycles. The first-order valence-corrected chi connectivity index (χ1v) is 13.5. The molecule has 0 spiro atoms. The molecule has 2 atom stereocenters. The van der Waals surface area contributed by atoms with Gasteiger partial charge in [-0.15, -0.1) is 0 Å². The molecule has 0 fully saturated rings. The first-order chi connectivity index (χ1) is 20.6. The predicted octanol–water partition coefficient (Wildman–Crippen LogP) is 4.99. The minimum absolute atomic E-state index is 0.192. The Morgan fingerprint density at radius 1 is 1.02 bits per heavy atom. The molecule has 4 aromatic rings. The third-order valence-electron chi connectivity index (χ3n) is 7.25. The van der Waals surface area contributed by atoms with Crippen molar-refractivity contribution < 1.29 is 27.6 Å². The molecular weight excluding hydrogens is 559 g/mol.